The lowest BCUT2D eigenvalue weighted by Crippen LogP contribution is -2.89. The number of rotatable bonds is 5. The highest BCUT2D eigenvalue weighted by Crippen LogP contribution is 2.35. The van der Waals surface area contributed by atoms with Gasteiger partial charge in [0.05, 0.1) is 12.2 Å². The fourth-order valence-electron chi connectivity index (χ4n) is 3.68. The molecule has 0 radical (unpaired) electrons. The predicted molar refractivity (Wildman–Crippen MR) is 126 cm³/mol. The van der Waals surface area contributed by atoms with Crippen LogP contribution in [0.15, 0.2) is 81.8 Å². The Hall–Kier alpha value is -2.28. The number of phenolic OH excluding ortho intramolecular Hbond substituents is 1. The topological polar surface area (TPSA) is 58.1 Å². The molecule has 3 aromatic carbocycles. The van der Waals surface area contributed by atoms with Gasteiger partial charge in [-0.3, -0.25) is 0 Å². The first-order valence-corrected chi connectivity index (χ1v) is 11.4. The maximum atomic E-state index is 10.9. The Morgan fingerprint density at radius 2 is 1.77 bits per heavy atom. The van der Waals surface area contributed by atoms with Crippen molar-refractivity contribution in [3.63, 3.8) is 0 Å². The number of nitrogens with one attached hydrogen (secondary N) is 1. The van der Waals surface area contributed by atoms with Crippen LogP contribution in [0.3, 0.4) is 0 Å². The number of nitrogens with two attached hydrogens (primary N) is 1. The summed E-state index contributed by atoms with van der Waals surface area (Å²) < 4.78 is 7.68. The summed E-state index contributed by atoms with van der Waals surface area (Å²) in [5.74, 6) is 0.710. The van der Waals surface area contributed by atoms with Gasteiger partial charge in [-0.1, -0.05) is 50.1 Å². The molecule has 2 unspecified atom stereocenters. The molecule has 1 aliphatic heterocycles. The normalized spacial score (nSPS) is 18.4. The maximum Gasteiger partial charge on any atom is 0.186 e. The smallest absolute Gasteiger partial charge is 0.186 e. The molecule has 154 valence electrons. The van der Waals surface area contributed by atoms with Gasteiger partial charge in [-0.2, -0.15) is 0 Å². The van der Waals surface area contributed by atoms with Crippen molar-refractivity contribution in [3.05, 3.63) is 98.4 Å². The molecular formula is C24H23Br2N2O2+. The minimum Gasteiger partial charge on any atom is -0.504 e. The molecule has 0 saturated heterocycles. The first-order chi connectivity index (χ1) is 14.5. The molecule has 0 saturated carbocycles. The Kier molecular flexibility index (Phi) is 6.46. The molecule has 0 bridgehead atoms. The van der Waals surface area contributed by atoms with Crippen LogP contribution >= 0.6 is 31.9 Å². The van der Waals surface area contributed by atoms with Crippen LogP contribution in [0.2, 0.25) is 0 Å². The van der Waals surface area contributed by atoms with E-state index in [9.17, 15) is 5.11 Å². The van der Waals surface area contributed by atoms with E-state index in [-0.39, 0.29) is 18.0 Å². The fraction of sp³-hybridized carbons (Fsp3) is 0.167. The number of para-hydroxylation sites is 1. The Morgan fingerprint density at radius 3 is 2.50 bits per heavy atom. The monoisotopic (exact) mass is 529 g/mol. The Labute approximate surface area is 193 Å². The highest BCUT2D eigenvalue weighted by atomic mass is 79.9. The SMILES string of the molecule is CCOc1cccc(C2C=C(c3cccc(Br)c3)NC(c3ccc(Br)cc3)[NH2+]2)c1O. The Morgan fingerprint density at radius 1 is 1.00 bits per heavy atom. The van der Waals surface area contributed by atoms with E-state index in [0.717, 1.165) is 31.3 Å². The van der Waals surface area contributed by atoms with Crippen molar-refractivity contribution < 1.29 is 15.2 Å². The van der Waals surface area contributed by atoms with Gasteiger partial charge < -0.3 is 20.5 Å². The molecular weight excluding hydrogens is 508 g/mol. The lowest BCUT2D eigenvalue weighted by Gasteiger charge is -2.30. The zero-order valence-corrected chi connectivity index (χ0v) is 19.7. The summed E-state index contributed by atoms with van der Waals surface area (Å²) in [5, 5.41) is 16.7. The summed E-state index contributed by atoms with van der Waals surface area (Å²) >= 11 is 7.08. The second-order valence-corrected chi connectivity index (χ2v) is 8.94. The molecule has 1 aliphatic rings. The minimum atomic E-state index is -0.0747. The standard InChI is InChI=1S/C24H22Br2N2O2/c1-2-30-22-8-4-7-19(23(22)29)21-14-20(16-5-3-6-18(26)13-16)27-24(28-21)15-9-11-17(25)12-10-15/h3-14,21,24,27-29H,2H2,1H3/p+1. The zero-order chi connectivity index (χ0) is 21.1. The number of benzene rings is 3. The van der Waals surface area contributed by atoms with Crippen molar-refractivity contribution in [2.24, 2.45) is 0 Å². The Balaban J connectivity index is 1.77. The van der Waals surface area contributed by atoms with Crippen LogP contribution in [0, 0.1) is 0 Å². The average Bonchev–Trinajstić information content (AvgIpc) is 2.75. The predicted octanol–water partition coefficient (Wildman–Crippen LogP) is 5.26. The van der Waals surface area contributed by atoms with Crippen molar-refractivity contribution >= 4 is 37.6 Å². The summed E-state index contributed by atoms with van der Waals surface area (Å²) in [4.78, 5) is 0. The van der Waals surface area contributed by atoms with E-state index in [1.165, 1.54) is 0 Å². The molecule has 30 heavy (non-hydrogen) atoms. The van der Waals surface area contributed by atoms with Gasteiger partial charge in [0.25, 0.3) is 0 Å². The van der Waals surface area contributed by atoms with Gasteiger partial charge in [-0.15, -0.1) is 0 Å². The van der Waals surface area contributed by atoms with E-state index < -0.39 is 0 Å². The zero-order valence-electron chi connectivity index (χ0n) is 16.5. The summed E-state index contributed by atoms with van der Waals surface area (Å²) in [6.45, 7) is 2.42. The molecule has 2 atom stereocenters. The summed E-state index contributed by atoms with van der Waals surface area (Å²) in [6.07, 6.45) is 2.15. The van der Waals surface area contributed by atoms with Crippen molar-refractivity contribution in [3.8, 4) is 11.5 Å². The van der Waals surface area contributed by atoms with Crippen LogP contribution in [-0.4, -0.2) is 11.7 Å². The van der Waals surface area contributed by atoms with E-state index >= 15 is 0 Å². The molecule has 1 heterocycles. The maximum absolute atomic E-state index is 10.9. The highest BCUT2D eigenvalue weighted by molar-refractivity contribution is 9.10. The summed E-state index contributed by atoms with van der Waals surface area (Å²) in [7, 11) is 0. The quantitative estimate of drug-likeness (QED) is 0.421. The molecule has 0 aromatic heterocycles. The highest BCUT2D eigenvalue weighted by Gasteiger charge is 2.30. The van der Waals surface area contributed by atoms with E-state index in [2.05, 4.69) is 72.8 Å². The van der Waals surface area contributed by atoms with Gasteiger partial charge in [-0.05, 0) is 61.0 Å². The van der Waals surface area contributed by atoms with Crippen LogP contribution in [0.25, 0.3) is 5.70 Å². The second-order valence-electron chi connectivity index (χ2n) is 7.11. The molecule has 0 fully saturated rings. The molecule has 4 nitrogen and oxygen atoms in total. The van der Waals surface area contributed by atoms with Crippen molar-refractivity contribution in [1.82, 2.24) is 5.32 Å². The summed E-state index contributed by atoms with van der Waals surface area (Å²) in [6, 6.07) is 22.1. The largest absolute Gasteiger partial charge is 0.504 e. The van der Waals surface area contributed by atoms with Crippen LogP contribution < -0.4 is 15.4 Å². The lowest BCUT2D eigenvalue weighted by atomic mass is 9.97. The number of hydrogen-bond acceptors (Lipinski definition) is 3. The van der Waals surface area contributed by atoms with Crippen molar-refractivity contribution in [2.75, 3.05) is 6.61 Å². The van der Waals surface area contributed by atoms with Crippen LogP contribution in [0.5, 0.6) is 11.5 Å². The van der Waals surface area contributed by atoms with E-state index in [4.69, 9.17) is 4.74 Å². The Bertz CT molecular complexity index is 1070. The van der Waals surface area contributed by atoms with Gasteiger partial charge in [0.1, 0.15) is 6.04 Å². The molecule has 4 rings (SSSR count). The fourth-order valence-corrected chi connectivity index (χ4v) is 4.34. The van der Waals surface area contributed by atoms with Crippen molar-refractivity contribution in [2.45, 2.75) is 19.1 Å². The molecule has 4 N–H and O–H groups in total. The number of halogens is 2. The van der Waals surface area contributed by atoms with E-state index in [1.54, 1.807) is 6.07 Å². The van der Waals surface area contributed by atoms with E-state index in [1.807, 2.05) is 43.3 Å². The van der Waals surface area contributed by atoms with Gasteiger partial charge in [0.2, 0.25) is 0 Å². The molecule has 3 aromatic rings. The second kappa shape index (κ2) is 9.25. The van der Waals surface area contributed by atoms with Gasteiger partial charge >= 0.3 is 0 Å². The van der Waals surface area contributed by atoms with Crippen molar-refractivity contribution in [1.29, 1.82) is 0 Å². The number of ether oxygens (including phenoxy) is 1. The van der Waals surface area contributed by atoms with Crippen LogP contribution in [0.1, 0.15) is 35.8 Å². The van der Waals surface area contributed by atoms with Crippen LogP contribution in [-0.2, 0) is 0 Å². The number of hydrogen-bond donors (Lipinski definition) is 3. The lowest BCUT2D eigenvalue weighted by molar-refractivity contribution is -0.731. The molecule has 0 amide bonds. The first kappa shape index (κ1) is 21.0. The third-order valence-electron chi connectivity index (χ3n) is 5.11. The van der Waals surface area contributed by atoms with E-state index in [0.29, 0.717) is 12.4 Å². The van der Waals surface area contributed by atoms with Gasteiger partial charge in [-0.25, -0.2) is 0 Å². The average molecular weight is 531 g/mol. The number of phenols is 1. The molecule has 6 heteroatoms. The first-order valence-electron chi connectivity index (χ1n) is 9.84. The summed E-state index contributed by atoms with van der Waals surface area (Å²) in [5.41, 5.74) is 4.10. The van der Waals surface area contributed by atoms with Crippen LogP contribution in [0.4, 0.5) is 0 Å². The van der Waals surface area contributed by atoms with Gasteiger partial charge in [0, 0.05) is 26.3 Å². The minimum absolute atomic E-state index is 0.00256. The number of quaternary nitrogens is 1. The molecule has 0 aliphatic carbocycles. The van der Waals surface area contributed by atoms with Gasteiger partial charge in [0.15, 0.2) is 17.7 Å². The third-order valence-corrected chi connectivity index (χ3v) is 6.13. The number of aromatic hydroxyl groups is 1. The molecule has 0 spiro atoms. The third kappa shape index (κ3) is 4.56.